The number of fused-ring (bicyclic) bond motifs is 1. The van der Waals surface area contributed by atoms with Crippen molar-refractivity contribution in [2.45, 2.75) is 25.3 Å². The maximum atomic E-state index is 9.15. The van der Waals surface area contributed by atoms with Gasteiger partial charge in [-0.15, -0.1) is 0 Å². The number of aliphatic hydroxyl groups is 1. The van der Waals surface area contributed by atoms with Crippen LogP contribution >= 0.6 is 0 Å². The van der Waals surface area contributed by atoms with E-state index in [0.717, 1.165) is 29.8 Å². The maximum Gasteiger partial charge on any atom is 0.0684 e. The smallest absolute Gasteiger partial charge is 0.0684 e. The molecular weight excluding hydrogens is 154 g/mol. The summed E-state index contributed by atoms with van der Waals surface area (Å²) in [4.78, 5) is 0. The van der Waals surface area contributed by atoms with Crippen molar-refractivity contribution in [3.63, 3.8) is 0 Å². The highest BCUT2D eigenvalue weighted by molar-refractivity contribution is 5.37. The van der Waals surface area contributed by atoms with Gasteiger partial charge in [-0.05, 0) is 19.8 Å². The summed E-state index contributed by atoms with van der Waals surface area (Å²) in [5.74, 6) is 0. The number of nitrogens with one attached hydrogen (secondary N) is 1. The van der Waals surface area contributed by atoms with Crippen LogP contribution in [-0.2, 0) is 12.0 Å². The zero-order valence-corrected chi connectivity index (χ0v) is 7.09. The molecule has 0 saturated carbocycles. The average Bonchev–Trinajstić information content (AvgIpc) is 2.57. The summed E-state index contributed by atoms with van der Waals surface area (Å²) in [5, 5.41) is 16.2. The molecule has 0 aromatic carbocycles. The average molecular weight is 167 g/mol. The van der Waals surface area contributed by atoms with Gasteiger partial charge in [0.1, 0.15) is 0 Å². The Labute approximate surface area is 70.8 Å². The van der Waals surface area contributed by atoms with Crippen LogP contribution in [0.2, 0.25) is 0 Å². The summed E-state index contributed by atoms with van der Waals surface area (Å²) >= 11 is 0. The monoisotopic (exact) mass is 167 g/mol. The maximum absolute atomic E-state index is 9.15. The first-order valence-corrected chi connectivity index (χ1v) is 4.11. The van der Waals surface area contributed by atoms with Crippen molar-refractivity contribution in [2.75, 3.05) is 6.61 Å². The lowest BCUT2D eigenvalue weighted by Crippen LogP contribution is -2.38. The molecule has 0 aliphatic heterocycles. The molecule has 4 nitrogen and oxygen atoms in total. The highest BCUT2D eigenvalue weighted by atomic mass is 16.3. The predicted molar refractivity (Wildman–Crippen MR) is 44.6 cm³/mol. The Morgan fingerprint density at radius 3 is 3.17 bits per heavy atom. The number of hydrogen-bond acceptors (Lipinski definition) is 3. The van der Waals surface area contributed by atoms with E-state index in [1.807, 2.05) is 6.92 Å². The molecule has 1 unspecified atom stereocenters. The fourth-order valence-electron chi connectivity index (χ4n) is 1.95. The number of nitrogens with two attached hydrogens (primary N) is 1. The molecule has 1 aromatic heterocycles. The van der Waals surface area contributed by atoms with Gasteiger partial charge < -0.3 is 10.8 Å². The van der Waals surface area contributed by atoms with Crippen molar-refractivity contribution >= 4 is 0 Å². The molecule has 1 heterocycles. The van der Waals surface area contributed by atoms with E-state index >= 15 is 0 Å². The van der Waals surface area contributed by atoms with Crippen LogP contribution in [0.4, 0.5) is 0 Å². The van der Waals surface area contributed by atoms with Gasteiger partial charge in [-0.3, -0.25) is 5.10 Å². The SMILES string of the molecule is Cc1[nH]nc2c1C(N)(CO)CC2. The zero-order valence-electron chi connectivity index (χ0n) is 7.09. The van der Waals surface area contributed by atoms with Crippen molar-refractivity contribution in [3.8, 4) is 0 Å². The van der Waals surface area contributed by atoms with Crippen LogP contribution < -0.4 is 5.73 Å². The van der Waals surface area contributed by atoms with Gasteiger partial charge in [0.05, 0.1) is 17.8 Å². The minimum Gasteiger partial charge on any atom is -0.394 e. The Bertz CT molecular complexity index is 307. The summed E-state index contributed by atoms with van der Waals surface area (Å²) in [6, 6.07) is 0. The van der Waals surface area contributed by atoms with Gasteiger partial charge in [0.25, 0.3) is 0 Å². The summed E-state index contributed by atoms with van der Waals surface area (Å²) in [5.41, 5.74) is 8.48. The number of aromatic nitrogens is 2. The van der Waals surface area contributed by atoms with Crippen LogP contribution in [0, 0.1) is 6.92 Å². The second-order valence-electron chi connectivity index (χ2n) is 3.48. The zero-order chi connectivity index (χ0) is 8.77. The fourth-order valence-corrected chi connectivity index (χ4v) is 1.95. The molecule has 66 valence electrons. The van der Waals surface area contributed by atoms with Gasteiger partial charge in [0.15, 0.2) is 0 Å². The van der Waals surface area contributed by atoms with E-state index in [2.05, 4.69) is 10.2 Å². The molecular formula is C8H13N3O. The lowest BCUT2D eigenvalue weighted by Gasteiger charge is -2.21. The molecule has 2 rings (SSSR count). The highest BCUT2D eigenvalue weighted by Gasteiger charge is 2.37. The molecule has 0 bridgehead atoms. The third-order valence-electron chi connectivity index (χ3n) is 2.61. The minimum atomic E-state index is -0.549. The molecule has 1 atom stereocenters. The summed E-state index contributed by atoms with van der Waals surface area (Å²) in [7, 11) is 0. The second kappa shape index (κ2) is 2.31. The van der Waals surface area contributed by atoms with Gasteiger partial charge in [0, 0.05) is 11.3 Å². The van der Waals surface area contributed by atoms with Crippen molar-refractivity contribution < 1.29 is 5.11 Å². The third-order valence-corrected chi connectivity index (χ3v) is 2.61. The normalized spacial score (nSPS) is 27.6. The number of nitrogens with zero attached hydrogens (tertiary/aromatic N) is 1. The minimum absolute atomic E-state index is 0.000370. The van der Waals surface area contributed by atoms with Gasteiger partial charge >= 0.3 is 0 Å². The highest BCUT2D eigenvalue weighted by Crippen LogP contribution is 2.34. The number of rotatable bonds is 1. The van der Waals surface area contributed by atoms with Crippen LogP contribution in [0.1, 0.15) is 23.4 Å². The van der Waals surface area contributed by atoms with Crippen LogP contribution in [0.25, 0.3) is 0 Å². The van der Waals surface area contributed by atoms with Crippen LogP contribution in [-0.4, -0.2) is 21.9 Å². The van der Waals surface area contributed by atoms with E-state index in [4.69, 9.17) is 10.8 Å². The topological polar surface area (TPSA) is 74.9 Å². The predicted octanol–water partition coefficient (Wildman–Crippen LogP) is -0.189. The molecule has 1 aliphatic carbocycles. The van der Waals surface area contributed by atoms with Crippen molar-refractivity contribution in [2.24, 2.45) is 5.73 Å². The Balaban J connectivity index is 2.53. The number of H-pyrrole nitrogens is 1. The number of aliphatic hydroxyl groups excluding tert-OH is 1. The van der Waals surface area contributed by atoms with Crippen LogP contribution in [0.3, 0.4) is 0 Å². The third kappa shape index (κ3) is 0.820. The quantitative estimate of drug-likeness (QED) is 0.542. The van der Waals surface area contributed by atoms with Gasteiger partial charge in [0.2, 0.25) is 0 Å². The molecule has 0 amide bonds. The number of aromatic amines is 1. The number of hydrogen-bond donors (Lipinski definition) is 3. The van der Waals surface area contributed by atoms with E-state index in [1.54, 1.807) is 0 Å². The number of aryl methyl sites for hydroxylation is 2. The van der Waals surface area contributed by atoms with E-state index in [1.165, 1.54) is 0 Å². The van der Waals surface area contributed by atoms with E-state index in [9.17, 15) is 0 Å². The summed E-state index contributed by atoms with van der Waals surface area (Å²) in [6.07, 6.45) is 1.67. The molecule has 0 spiro atoms. The molecule has 0 fully saturated rings. The van der Waals surface area contributed by atoms with E-state index < -0.39 is 5.54 Å². The largest absolute Gasteiger partial charge is 0.394 e. The van der Waals surface area contributed by atoms with E-state index in [0.29, 0.717) is 0 Å². The van der Waals surface area contributed by atoms with Crippen molar-refractivity contribution in [1.82, 2.24) is 10.2 Å². The van der Waals surface area contributed by atoms with Crippen LogP contribution in [0.5, 0.6) is 0 Å². The lowest BCUT2D eigenvalue weighted by atomic mass is 9.94. The molecule has 0 saturated heterocycles. The fraction of sp³-hybridized carbons (Fsp3) is 0.625. The van der Waals surface area contributed by atoms with Gasteiger partial charge in [-0.2, -0.15) is 5.10 Å². The Morgan fingerprint density at radius 1 is 1.75 bits per heavy atom. The first-order chi connectivity index (χ1) is 5.67. The molecule has 0 radical (unpaired) electrons. The summed E-state index contributed by atoms with van der Waals surface area (Å²) in [6.45, 7) is 1.94. The molecule has 4 heteroatoms. The molecule has 1 aliphatic rings. The Hall–Kier alpha value is -0.870. The molecule has 12 heavy (non-hydrogen) atoms. The lowest BCUT2D eigenvalue weighted by molar-refractivity contribution is 0.196. The van der Waals surface area contributed by atoms with Gasteiger partial charge in [-0.25, -0.2) is 0 Å². The first-order valence-electron chi connectivity index (χ1n) is 4.11. The Morgan fingerprint density at radius 2 is 2.50 bits per heavy atom. The molecule has 1 aromatic rings. The van der Waals surface area contributed by atoms with E-state index in [-0.39, 0.29) is 6.61 Å². The summed E-state index contributed by atoms with van der Waals surface area (Å²) < 4.78 is 0. The van der Waals surface area contributed by atoms with Gasteiger partial charge in [-0.1, -0.05) is 0 Å². The van der Waals surface area contributed by atoms with Crippen LogP contribution in [0.15, 0.2) is 0 Å². The van der Waals surface area contributed by atoms with Crippen molar-refractivity contribution in [1.29, 1.82) is 0 Å². The van der Waals surface area contributed by atoms with Crippen molar-refractivity contribution in [3.05, 3.63) is 17.0 Å². The molecule has 4 N–H and O–H groups in total. The second-order valence-corrected chi connectivity index (χ2v) is 3.48. The standard InChI is InChI=1S/C8H13N3O/c1-5-7-6(11-10-5)2-3-8(7,9)4-12/h12H,2-4,9H2,1H3,(H,10,11). The first kappa shape index (κ1) is 7.76. The Kier molecular flexibility index (Phi) is 1.49.